The molecule has 0 spiro atoms. The van der Waals surface area contributed by atoms with E-state index in [1.807, 2.05) is 0 Å². The molecule has 0 saturated carbocycles. The highest BCUT2D eigenvalue weighted by Crippen LogP contribution is 2.20. The summed E-state index contributed by atoms with van der Waals surface area (Å²) in [5.74, 6) is 0.747. The Kier molecular flexibility index (Phi) is 4.23. The molecule has 3 heteroatoms. The Hall–Kier alpha value is -1.09. The molecule has 1 atom stereocenters. The van der Waals surface area contributed by atoms with Gasteiger partial charge in [-0.1, -0.05) is 19.1 Å². The smallest absolute Gasteiger partial charge is 0.173 e. The molecule has 0 bridgehead atoms. The second kappa shape index (κ2) is 5.70. The van der Waals surface area contributed by atoms with Crippen molar-refractivity contribution in [1.29, 1.82) is 0 Å². The third-order valence-electron chi connectivity index (χ3n) is 3.79. The van der Waals surface area contributed by atoms with Gasteiger partial charge in [0.05, 0.1) is 0 Å². The number of nitrogens with zero attached hydrogens (tertiary/aromatic N) is 1. The van der Waals surface area contributed by atoms with Crippen molar-refractivity contribution in [3.8, 4) is 0 Å². The van der Waals surface area contributed by atoms with Crippen molar-refractivity contribution >= 4 is 23.0 Å². The summed E-state index contributed by atoms with van der Waals surface area (Å²) >= 11 is 5.53. The van der Waals surface area contributed by atoms with Gasteiger partial charge in [0.2, 0.25) is 0 Å². The Morgan fingerprint density at radius 1 is 1.39 bits per heavy atom. The van der Waals surface area contributed by atoms with Crippen molar-refractivity contribution in [1.82, 2.24) is 4.90 Å². The van der Waals surface area contributed by atoms with Gasteiger partial charge in [-0.2, -0.15) is 0 Å². The topological polar surface area (TPSA) is 15.3 Å². The minimum atomic E-state index is 0.747. The quantitative estimate of drug-likeness (QED) is 0.776. The number of rotatable bonds is 1. The lowest BCUT2D eigenvalue weighted by atomic mass is 10.0. The van der Waals surface area contributed by atoms with Gasteiger partial charge in [-0.05, 0) is 62.0 Å². The van der Waals surface area contributed by atoms with E-state index in [0.29, 0.717) is 0 Å². The summed E-state index contributed by atoms with van der Waals surface area (Å²) in [6.45, 7) is 8.73. The van der Waals surface area contributed by atoms with Gasteiger partial charge in [0, 0.05) is 18.8 Å². The van der Waals surface area contributed by atoms with Crippen LogP contribution in [0.5, 0.6) is 0 Å². The van der Waals surface area contributed by atoms with Crippen LogP contribution in [0, 0.1) is 19.8 Å². The number of nitrogens with one attached hydrogen (secondary N) is 1. The Labute approximate surface area is 115 Å². The van der Waals surface area contributed by atoms with Gasteiger partial charge in [0.15, 0.2) is 5.11 Å². The highest BCUT2D eigenvalue weighted by molar-refractivity contribution is 7.80. The van der Waals surface area contributed by atoms with Gasteiger partial charge < -0.3 is 10.2 Å². The van der Waals surface area contributed by atoms with Crippen molar-refractivity contribution in [2.75, 3.05) is 18.4 Å². The van der Waals surface area contributed by atoms with E-state index in [1.165, 1.54) is 24.0 Å². The van der Waals surface area contributed by atoms with Crippen LogP contribution in [-0.4, -0.2) is 23.1 Å². The van der Waals surface area contributed by atoms with Crippen molar-refractivity contribution in [3.63, 3.8) is 0 Å². The molecule has 2 nitrogen and oxygen atoms in total. The molecule has 1 N–H and O–H groups in total. The number of likely N-dealkylation sites (tertiary alicyclic amines) is 1. The molecule has 1 unspecified atom stereocenters. The SMILES string of the molecule is Cc1cccc(NC(=S)N2CCCC(C)C2)c1C. The molecule has 98 valence electrons. The van der Waals surface area contributed by atoms with Crippen molar-refractivity contribution in [3.05, 3.63) is 29.3 Å². The number of hydrogen-bond acceptors (Lipinski definition) is 1. The molecular formula is C15H22N2S. The van der Waals surface area contributed by atoms with Gasteiger partial charge in [0.25, 0.3) is 0 Å². The van der Waals surface area contributed by atoms with Crippen LogP contribution >= 0.6 is 12.2 Å². The third kappa shape index (κ3) is 3.02. The second-order valence-corrected chi connectivity index (χ2v) is 5.76. The normalized spacial score (nSPS) is 19.7. The Morgan fingerprint density at radius 3 is 2.89 bits per heavy atom. The number of thiocarbonyl (C=S) groups is 1. The van der Waals surface area contributed by atoms with Crippen LogP contribution in [0.1, 0.15) is 30.9 Å². The number of anilines is 1. The standard InChI is InChI=1S/C15H22N2S/c1-11-6-5-9-17(10-11)15(18)16-14-8-4-7-12(2)13(14)3/h4,7-8,11H,5-6,9-10H2,1-3H3,(H,16,18). The number of benzene rings is 1. The maximum absolute atomic E-state index is 5.53. The van der Waals surface area contributed by atoms with Gasteiger partial charge in [-0.3, -0.25) is 0 Å². The Balaban J connectivity index is 2.04. The van der Waals surface area contributed by atoms with Crippen LogP contribution < -0.4 is 5.32 Å². The maximum atomic E-state index is 5.53. The molecule has 1 aromatic rings. The first-order valence-corrected chi connectivity index (χ1v) is 7.11. The van der Waals surface area contributed by atoms with Crippen molar-refractivity contribution in [2.24, 2.45) is 5.92 Å². The highest BCUT2D eigenvalue weighted by atomic mass is 32.1. The van der Waals surface area contributed by atoms with Crippen LogP contribution in [0.3, 0.4) is 0 Å². The lowest BCUT2D eigenvalue weighted by molar-refractivity contribution is 0.276. The van der Waals surface area contributed by atoms with Crippen molar-refractivity contribution in [2.45, 2.75) is 33.6 Å². The highest BCUT2D eigenvalue weighted by Gasteiger charge is 2.18. The van der Waals surface area contributed by atoms with Crippen LogP contribution in [0.15, 0.2) is 18.2 Å². The second-order valence-electron chi connectivity index (χ2n) is 5.37. The van der Waals surface area contributed by atoms with E-state index >= 15 is 0 Å². The molecule has 0 aliphatic carbocycles. The van der Waals surface area contributed by atoms with E-state index in [-0.39, 0.29) is 0 Å². The number of piperidine rings is 1. The van der Waals surface area contributed by atoms with E-state index in [9.17, 15) is 0 Å². The molecule has 1 fully saturated rings. The molecule has 1 aliphatic rings. The van der Waals surface area contributed by atoms with Gasteiger partial charge in [0.1, 0.15) is 0 Å². The van der Waals surface area contributed by atoms with Crippen LogP contribution in [0.25, 0.3) is 0 Å². The Bertz CT molecular complexity index is 442. The molecule has 0 radical (unpaired) electrons. The van der Waals surface area contributed by atoms with E-state index in [0.717, 1.165) is 29.8 Å². The van der Waals surface area contributed by atoms with E-state index < -0.39 is 0 Å². The zero-order chi connectivity index (χ0) is 13.1. The van der Waals surface area contributed by atoms with Crippen LogP contribution in [0.2, 0.25) is 0 Å². The molecule has 1 aromatic carbocycles. The largest absolute Gasteiger partial charge is 0.349 e. The molecule has 1 aliphatic heterocycles. The van der Waals surface area contributed by atoms with Crippen molar-refractivity contribution < 1.29 is 0 Å². The first-order valence-electron chi connectivity index (χ1n) is 6.70. The molecule has 18 heavy (non-hydrogen) atoms. The summed E-state index contributed by atoms with van der Waals surface area (Å²) in [6.07, 6.45) is 2.57. The number of aryl methyl sites for hydroxylation is 1. The minimum absolute atomic E-state index is 0.747. The van der Waals surface area contributed by atoms with E-state index in [2.05, 4.69) is 49.2 Å². The summed E-state index contributed by atoms with van der Waals surface area (Å²) < 4.78 is 0. The molecule has 0 aromatic heterocycles. The fourth-order valence-corrected chi connectivity index (χ4v) is 2.73. The van der Waals surface area contributed by atoms with Crippen LogP contribution in [-0.2, 0) is 0 Å². The zero-order valence-electron chi connectivity index (χ0n) is 11.5. The number of hydrogen-bond donors (Lipinski definition) is 1. The fourth-order valence-electron chi connectivity index (χ4n) is 2.45. The summed E-state index contributed by atoms with van der Waals surface area (Å²) in [5, 5.41) is 4.27. The monoisotopic (exact) mass is 262 g/mol. The van der Waals surface area contributed by atoms with Gasteiger partial charge in [-0.25, -0.2) is 0 Å². The zero-order valence-corrected chi connectivity index (χ0v) is 12.3. The average molecular weight is 262 g/mol. The summed E-state index contributed by atoms with van der Waals surface area (Å²) in [4.78, 5) is 2.30. The summed E-state index contributed by atoms with van der Waals surface area (Å²) in [6, 6.07) is 6.31. The fraction of sp³-hybridized carbons (Fsp3) is 0.533. The first kappa shape index (κ1) is 13.3. The summed E-state index contributed by atoms with van der Waals surface area (Å²) in [5.41, 5.74) is 3.72. The third-order valence-corrected chi connectivity index (χ3v) is 4.15. The van der Waals surface area contributed by atoms with Gasteiger partial charge >= 0.3 is 0 Å². The van der Waals surface area contributed by atoms with E-state index in [1.54, 1.807) is 0 Å². The van der Waals surface area contributed by atoms with E-state index in [4.69, 9.17) is 12.2 Å². The lowest BCUT2D eigenvalue weighted by Gasteiger charge is -2.33. The predicted molar refractivity (Wildman–Crippen MR) is 82.1 cm³/mol. The Morgan fingerprint density at radius 2 is 2.17 bits per heavy atom. The maximum Gasteiger partial charge on any atom is 0.173 e. The predicted octanol–water partition coefficient (Wildman–Crippen LogP) is 3.73. The molecule has 1 saturated heterocycles. The molecule has 2 rings (SSSR count). The van der Waals surface area contributed by atoms with Crippen LogP contribution in [0.4, 0.5) is 5.69 Å². The summed E-state index contributed by atoms with van der Waals surface area (Å²) in [7, 11) is 0. The lowest BCUT2D eigenvalue weighted by Crippen LogP contribution is -2.41. The molecule has 1 heterocycles. The first-order chi connectivity index (χ1) is 8.58. The molecular weight excluding hydrogens is 240 g/mol. The molecule has 0 amide bonds. The van der Waals surface area contributed by atoms with Gasteiger partial charge in [-0.15, -0.1) is 0 Å². The average Bonchev–Trinajstić information content (AvgIpc) is 2.35. The minimum Gasteiger partial charge on any atom is -0.349 e.